The van der Waals surface area contributed by atoms with Crippen LogP contribution in [0.15, 0.2) is 200 Å². The monoisotopic (exact) mass is 711 g/mol. The molecule has 0 aliphatic heterocycles. The Bertz CT molecular complexity index is 3210. The van der Waals surface area contributed by atoms with Gasteiger partial charge in [0.25, 0.3) is 0 Å². The van der Waals surface area contributed by atoms with Crippen molar-refractivity contribution >= 4 is 54.1 Å². The average Bonchev–Trinajstić information content (AvgIpc) is 3.29. The van der Waals surface area contributed by atoms with E-state index in [1.54, 1.807) is 0 Å². The highest BCUT2D eigenvalue weighted by atomic mass is 14.8. The van der Waals surface area contributed by atoms with Crippen LogP contribution >= 0.6 is 0 Å². The summed E-state index contributed by atoms with van der Waals surface area (Å²) in [6.07, 6.45) is 1.94. The molecule has 0 saturated heterocycles. The summed E-state index contributed by atoms with van der Waals surface area (Å²) in [5.41, 5.74) is 12.0. The summed E-state index contributed by atoms with van der Waals surface area (Å²) in [6, 6.07) is 69.0. The smallest absolute Gasteiger partial charge is 0.0979 e. The van der Waals surface area contributed by atoms with Gasteiger partial charge < -0.3 is 0 Å². The van der Waals surface area contributed by atoms with Gasteiger partial charge in [0.15, 0.2) is 0 Å². The van der Waals surface area contributed by atoms with Crippen LogP contribution in [0.25, 0.3) is 110 Å². The number of fused-ring (bicyclic) bond motifs is 9. The zero-order valence-corrected chi connectivity index (χ0v) is 30.4. The third-order valence-corrected chi connectivity index (χ3v) is 11.0. The summed E-state index contributed by atoms with van der Waals surface area (Å²) in [4.78, 5) is 16.0. The maximum Gasteiger partial charge on any atom is 0.0979 e. The van der Waals surface area contributed by atoms with E-state index in [0.717, 1.165) is 77.8 Å². The van der Waals surface area contributed by atoms with Gasteiger partial charge in [0.2, 0.25) is 0 Å². The molecule has 0 radical (unpaired) electrons. The minimum atomic E-state index is 0.814. The summed E-state index contributed by atoms with van der Waals surface area (Å²) < 4.78 is 0. The van der Waals surface area contributed by atoms with Gasteiger partial charge in [-0.2, -0.15) is 0 Å². The highest BCUT2D eigenvalue weighted by Crippen LogP contribution is 2.41. The molecule has 260 valence electrons. The molecule has 2 aromatic heterocycles. The van der Waals surface area contributed by atoms with E-state index < -0.39 is 0 Å². The second-order valence-corrected chi connectivity index (χ2v) is 14.4. The first-order chi connectivity index (χ1) is 27.7. The fourth-order valence-corrected chi connectivity index (χ4v) is 8.37. The normalized spacial score (nSPS) is 11.6. The molecule has 0 aliphatic rings. The standard InChI is InChI=1S/C53H33N3/c1-3-15-34(16-4-1)37-31-49(35-17-5-2-6-18-35)55-50(32-37)39-27-38(48-30-36-19-7-8-20-41(36)42-21-9-10-24-45(42)48)28-40(29-39)51-33-54-52-46-25-13-11-22-43(46)44-23-12-14-26-47(44)53(52)56-51/h1-33H. The number of aromatic nitrogens is 3. The predicted octanol–water partition coefficient (Wildman–Crippen LogP) is 14.0. The molecule has 0 N–H and O–H groups in total. The highest BCUT2D eigenvalue weighted by Gasteiger charge is 2.17. The molecule has 0 unspecified atom stereocenters. The van der Waals surface area contributed by atoms with E-state index in [-0.39, 0.29) is 0 Å². The number of nitrogens with zero attached hydrogens (tertiary/aromatic N) is 3. The lowest BCUT2D eigenvalue weighted by Gasteiger charge is -2.16. The molecule has 3 nitrogen and oxygen atoms in total. The molecule has 3 heteroatoms. The Hall–Kier alpha value is -7.49. The Morgan fingerprint density at radius 2 is 0.750 bits per heavy atom. The third-order valence-electron chi connectivity index (χ3n) is 11.0. The van der Waals surface area contributed by atoms with Gasteiger partial charge >= 0.3 is 0 Å². The minimum absolute atomic E-state index is 0.814. The van der Waals surface area contributed by atoms with Crippen LogP contribution in [0.3, 0.4) is 0 Å². The van der Waals surface area contributed by atoms with Gasteiger partial charge in [-0.15, -0.1) is 0 Å². The maximum absolute atomic E-state index is 5.45. The number of pyridine rings is 1. The van der Waals surface area contributed by atoms with E-state index in [9.17, 15) is 0 Å². The number of hydrogen-bond acceptors (Lipinski definition) is 3. The fraction of sp³-hybridized carbons (Fsp3) is 0. The van der Waals surface area contributed by atoms with Crippen LogP contribution in [-0.2, 0) is 0 Å². The Morgan fingerprint density at radius 3 is 1.43 bits per heavy atom. The molecule has 0 saturated carbocycles. The van der Waals surface area contributed by atoms with Crippen LogP contribution in [0.2, 0.25) is 0 Å². The molecule has 0 atom stereocenters. The van der Waals surface area contributed by atoms with Crippen LogP contribution in [0.1, 0.15) is 0 Å². The Labute approximate surface area is 324 Å². The molecular formula is C53H33N3. The van der Waals surface area contributed by atoms with Crippen molar-refractivity contribution in [3.63, 3.8) is 0 Å². The third kappa shape index (κ3) is 5.40. The van der Waals surface area contributed by atoms with Crippen LogP contribution in [0.4, 0.5) is 0 Å². The molecule has 0 aliphatic carbocycles. The van der Waals surface area contributed by atoms with Crippen molar-refractivity contribution in [3.8, 4) is 56.0 Å². The van der Waals surface area contributed by atoms with Gasteiger partial charge in [-0.3, -0.25) is 4.98 Å². The summed E-state index contributed by atoms with van der Waals surface area (Å²) in [7, 11) is 0. The quantitative estimate of drug-likeness (QED) is 0.167. The van der Waals surface area contributed by atoms with Crippen molar-refractivity contribution in [2.75, 3.05) is 0 Å². The van der Waals surface area contributed by atoms with Gasteiger partial charge in [-0.1, -0.05) is 158 Å². The molecule has 2 heterocycles. The van der Waals surface area contributed by atoms with Gasteiger partial charge in [-0.25, -0.2) is 9.97 Å². The molecule has 9 aromatic carbocycles. The minimum Gasteiger partial charge on any atom is -0.252 e. The second kappa shape index (κ2) is 13.1. The van der Waals surface area contributed by atoms with E-state index >= 15 is 0 Å². The first-order valence-corrected chi connectivity index (χ1v) is 19.0. The summed E-state index contributed by atoms with van der Waals surface area (Å²) in [5, 5.41) is 9.43. The predicted molar refractivity (Wildman–Crippen MR) is 235 cm³/mol. The zero-order chi connectivity index (χ0) is 37.0. The second-order valence-electron chi connectivity index (χ2n) is 14.4. The molecule has 0 fully saturated rings. The number of rotatable bonds is 5. The van der Waals surface area contributed by atoms with Crippen molar-refractivity contribution in [2.24, 2.45) is 0 Å². The zero-order valence-electron chi connectivity index (χ0n) is 30.4. The van der Waals surface area contributed by atoms with E-state index in [4.69, 9.17) is 15.0 Å². The lowest BCUT2D eigenvalue weighted by Crippen LogP contribution is -1.95. The van der Waals surface area contributed by atoms with Gasteiger partial charge in [0.05, 0.1) is 34.3 Å². The average molecular weight is 712 g/mol. The molecule has 0 bridgehead atoms. The van der Waals surface area contributed by atoms with Gasteiger partial charge in [0, 0.05) is 27.5 Å². The van der Waals surface area contributed by atoms with E-state index in [1.165, 1.54) is 32.3 Å². The van der Waals surface area contributed by atoms with Crippen molar-refractivity contribution in [3.05, 3.63) is 200 Å². The van der Waals surface area contributed by atoms with Crippen molar-refractivity contribution in [1.29, 1.82) is 0 Å². The Balaban J connectivity index is 1.20. The lowest BCUT2D eigenvalue weighted by molar-refractivity contribution is 1.30. The summed E-state index contributed by atoms with van der Waals surface area (Å²) in [5.74, 6) is 0. The summed E-state index contributed by atoms with van der Waals surface area (Å²) in [6.45, 7) is 0. The lowest BCUT2D eigenvalue weighted by atomic mass is 9.90. The topological polar surface area (TPSA) is 38.7 Å². The van der Waals surface area contributed by atoms with E-state index in [2.05, 4.69) is 188 Å². The van der Waals surface area contributed by atoms with Crippen LogP contribution in [0, 0.1) is 0 Å². The SMILES string of the molecule is c1ccc(-c2cc(-c3ccccc3)nc(-c3cc(-c4cnc5c6ccccc6c6ccccc6c5n4)cc(-c4cc5ccccc5c5ccccc45)c3)c2)cc1. The Kier molecular flexibility index (Phi) is 7.49. The van der Waals surface area contributed by atoms with Crippen molar-refractivity contribution in [1.82, 2.24) is 15.0 Å². The molecule has 56 heavy (non-hydrogen) atoms. The van der Waals surface area contributed by atoms with E-state index in [1.807, 2.05) is 12.3 Å². The summed E-state index contributed by atoms with van der Waals surface area (Å²) >= 11 is 0. The van der Waals surface area contributed by atoms with Crippen LogP contribution in [0.5, 0.6) is 0 Å². The molecule has 11 aromatic rings. The van der Waals surface area contributed by atoms with Crippen molar-refractivity contribution < 1.29 is 0 Å². The van der Waals surface area contributed by atoms with Gasteiger partial charge in [-0.05, 0) is 91.0 Å². The first kappa shape index (κ1) is 32.0. The maximum atomic E-state index is 5.45. The molecule has 11 rings (SSSR count). The Morgan fingerprint density at radius 1 is 0.268 bits per heavy atom. The van der Waals surface area contributed by atoms with Crippen LogP contribution < -0.4 is 0 Å². The number of hydrogen-bond donors (Lipinski definition) is 0. The van der Waals surface area contributed by atoms with Crippen LogP contribution in [-0.4, -0.2) is 15.0 Å². The van der Waals surface area contributed by atoms with Gasteiger partial charge in [0.1, 0.15) is 0 Å². The highest BCUT2D eigenvalue weighted by molar-refractivity contribution is 6.23. The number of benzene rings is 9. The largest absolute Gasteiger partial charge is 0.252 e. The van der Waals surface area contributed by atoms with E-state index in [0.29, 0.717) is 0 Å². The first-order valence-electron chi connectivity index (χ1n) is 19.0. The van der Waals surface area contributed by atoms with Crippen molar-refractivity contribution in [2.45, 2.75) is 0 Å². The molecule has 0 spiro atoms. The fourth-order valence-electron chi connectivity index (χ4n) is 8.37. The molecular weight excluding hydrogens is 679 g/mol. The molecule has 0 amide bonds.